The molecule has 0 rings (SSSR count). The maximum atomic E-state index is 11.1. The molecule has 0 radical (unpaired) electrons. The van der Waals surface area contributed by atoms with Gasteiger partial charge in [0.25, 0.3) is 0 Å². The average Bonchev–Trinajstić information content (AvgIpc) is 2.86. The molecule has 13 heteroatoms. The summed E-state index contributed by atoms with van der Waals surface area (Å²) in [4.78, 5) is 65.3. The van der Waals surface area contributed by atoms with Gasteiger partial charge in [-0.15, -0.1) is 0 Å². The number of hydrogen-bond acceptors (Lipinski definition) is 12. The summed E-state index contributed by atoms with van der Waals surface area (Å²) in [6, 6.07) is 0. The van der Waals surface area contributed by atoms with Gasteiger partial charge in [0.2, 0.25) is 0 Å². The molecule has 0 amide bonds. The number of carbonyl (C=O) groups is 6. The molecular weight excluding hydrogens is 507 g/mol. The zero-order valence-electron chi connectivity index (χ0n) is 23.2. The number of rotatable bonds is 12. The Morgan fingerprint density at radius 2 is 0.595 bits per heavy atom. The minimum Gasteiger partial charge on any atom is -0.549 e. The molecule has 0 atom stereocenters. The van der Waals surface area contributed by atoms with Crippen LogP contribution in [0.2, 0.25) is 0 Å². The van der Waals surface area contributed by atoms with Crippen LogP contribution in [-0.4, -0.2) is 74.5 Å². The molecule has 12 nitrogen and oxygen atoms in total. The van der Waals surface area contributed by atoms with Crippen molar-refractivity contribution in [3.63, 3.8) is 0 Å². The largest absolute Gasteiger partial charge is 3.00 e. The normalized spacial score (nSPS) is 10.6. The smallest absolute Gasteiger partial charge is 0.549 e. The SMILES string of the molecule is CCC(CC)(C(=O)[O-])C(=O)OC.CCC(CC)(C(=O)[O-])C(=O)OC.CCC(CC)(C(=O)[O-])C(=O)OC.[Al+3]. The minimum atomic E-state index is -1.46. The summed E-state index contributed by atoms with van der Waals surface area (Å²) in [5.41, 5.74) is -4.39. The third-order valence-electron chi connectivity index (χ3n) is 6.52. The topological polar surface area (TPSA) is 199 Å². The van der Waals surface area contributed by atoms with E-state index in [-0.39, 0.29) is 55.9 Å². The molecule has 0 saturated heterocycles. The van der Waals surface area contributed by atoms with Gasteiger partial charge in [0.1, 0.15) is 16.2 Å². The van der Waals surface area contributed by atoms with Crippen LogP contribution in [0, 0.1) is 16.2 Å². The zero-order chi connectivity index (χ0) is 29.3. The summed E-state index contributed by atoms with van der Waals surface area (Å²) in [7, 11) is 3.52. The quantitative estimate of drug-likeness (QED) is 0.122. The average molecular weight is 547 g/mol. The first kappa shape index (κ1) is 41.5. The van der Waals surface area contributed by atoms with Gasteiger partial charge in [-0.25, -0.2) is 0 Å². The zero-order valence-corrected chi connectivity index (χ0v) is 24.4. The number of carboxylic acids is 3. The van der Waals surface area contributed by atoms with Gasteiger partial charge in [-0.2, -0.15) is 0 Å². The Morgan fingerprint density at radius 3 is 0.622 bits per heavy atom. The molecule has 0 spiro atoms. The van der Waals surface area contributed by atoms with Crippen LogP contribution < -0.4 is 15.3 Å². The van der Waals surface area contributed by atoms with Crippen LogP contribution in [0.3, 0.4) is 0 Å². The van der Waals surface area contributed by atoms with E-state index in [1.54, 1.807) is 41.5 Å². The Bertz CT molecular complexity index is 651. The maximum absolute atomic E-state index is 11.1. The number of carbonyl (C=O) groups excluding carboxylic acids is 6. The summed E-state index contributed by atoms with van der Waals surface area (Å²) < 4.78 is 13.2. The van der Waals surface area contributed by atoms with Crippen LogP contribution in [0.25, 0.3) is 0 Å². The van der Waals surface area contributed by atoms with Crippen molar-refractivity contribution >= 4 is 53.2 Å². The van der Waals surface area contributed by atoms with Gasteiger partial charge in [-0.1, -0.05) is 41.5 Å². The van der Waals surface area contributed by atoms with Crippen LogP contribution in [0.5, 0.6) is 0 Å². The first-order valence-corrected chi connectivity index (χ1v) is 11.5. The molecule has 0 fully saturated rings. The van der Waals surface area contributed by atoms with Crippen LogP contribution in [0.4, 0.5) is 0 Å². The number of hydrogen-bond donors (Lipinski definition) is 0. The van der Waals surface area contributed by atoms with E-state index in [0.717, 1.165) is 0 Å². The van der Waals surface area contributed by atoms with Crippen molar-refractivity contribution in [3.8, 4) is 0 Å². The van der Waals surface area contributed by atoms with Crippen molar-refractivity contribution in [3.05, 3.63) is 0 Å². The minimum absolute atomic E-state index is 0. The maximum Gasteiger partial charge on any atom is 3.00 e. The van der Waals surface area contributed by atoms with E-state index in [0.29, 0.717) is 0 Å². The predicted octanol–water partition coefficient (Wildman–Crippen LogP) is -1.23. The Labute approximate surface area is 229 Å². The van der Waals surface area contributed by atoms with Crippen molar-refractivity contribution in [1.82, 2.24) is 0 Å². The summed E-state index contributed by atoms with van der Waals surface area (Å²) in [6.07, 6.45) is 1.16. The number of esters is 3. The van der Waals surface area contributed by atoms with Crippen molar-refractivity contribution in [2.24, 2.45) is 16.2 Å². The molecule has 0 aliphatic rings. The van der Waals surface area contributed by atoms with Crippen LogP contribution >= 0.6 is 0 Å². The van der Waals surface area contributed by atoms with Gasteiger partial charge in [0, 0.05) is 0 Å². The molecule has 0 bridgehead atoms. The summed E-state index contributed by atoms with van der Waals surface area (Å²) in [5.74, 6) is -6.27. The van der Waals surface area contributed by atoms with E-state index in [9.17, 15) is 44.1 Å². The fourth-order valence-electron chi connectivity index (χ4n) is 3.32. The van der Waals surface area contributed by atoms with Gasteiger partial charge < -0.3 is 43.9 Å². The Hall–Kier alpha value is -2.65. The first-order valence-electron chi connectivity index (χ1n) is 11.5. The summed E-state index contributed by atoms with van der Waals surface area (Å²) >= 11 is 0. The summed E-state index contributed by atoms with van der Waals surface area (Å²) in [6.45, 7) is 9.73. The number of aliphatic carboxylic acids is 3. The van der Waals surface area contributed by atoms with Crippen LogP contribution in [0.1, 0.15) is 80.1 Å². The van der Waals surface area contributed by atoms with Gasteiger partial charge >= 0.3 is 35.3 Å². The van der Waals surface area contributed by atoms with Gasteiger partial charge in [-0.3, -0.25) is 14.4 Å². The van der Waals surface area contributed by atoms with Gasteiger partial charge in [0.05, 0.1) is 39.2 Å². The van der Waals surface area contributed by atoms with E-state index in [1.807, 2.05) is 0 Å². The molecule has 0 aliphatic heterocycles. The second-order valence-electron chi connectivity index (χ2n) is 7.70. The fourth-order valence-corrected chi connectivity index (χ4v) is 3.32. The Kier molecular flexibility index (Phi) is 21.8. The van der Waals surface area contributed by atoms with E-state index >= 15 is 0 Å². The molecule has 0 N–H and O–H groups in total. The van der Waals surface area contributed by atoms with E-state index in [4.69, 9.17) is 0 Å². The van der Waals surface area contributed by atoms with E-state index < -0.39 is 52.1 Å². The molecule has 37 heavy (non-hydrogen) atoms. The van der Waals surface area contributed by atoms with Crippen LogP contribution in [-0.2, 0) is 43.0 Å². The van der Waals surface area contributed by atoms with E-state index in [1.165, 1.54) is 21.3 Å². The molecule has 210 valence electrons. The monoisotopic (exact) mass is 546 g/mol. The predicted molar refractivity (Wildman–Crippen MR) is 126 cm³/mol. The number of carboxylic acid groups (broad SMARTS) is 3. The third kappa shape index (κ3) is 9.97. The van der Waals surface area contributed by atoms with Crippen molar-refractivity contribution in [2.45, 2.75) is 80.1 Å². The van der Waals surface area contributed by atoms with Crippen molar-refractivity contribution < 1.29 is 58.3 Å². The second-order valence-corrected chi connectivity index (χ2v) is 7.70. The Morgan fingerprint density at radius 1 is 0.459 bits per heavy atom. The fraction of sp³-hybridized carbons (Fsp3) is 0.750. The van der Waals surface area contributed by atoms with E-state index in [2.05, 4.69) is 14.2 Å². The van der Waals surface area contributed by atoms with Gasteiger partial charge in [-0.05, 0) is 38.5 Å². The molecule has 0 aliphatic carbocycles. The molecular formula is C24H39AlO12. The molecule has 0 aromatic rings. The van der Waals surface area contributed by atoms with Crippen molar-refractivity contribution in [2.75, 3.05) is 21.3 Å². The molecule has 0 heterocycles. The Balaban J connectivity index is -0.000000218. The van der Waals surface area contributed by atoms with Crippen molar-refractivity contribution in [1.29, 1.82) is 0 Å². The molecule has 0 unspecified atom stereocenters. The number of ether oxygens (including phenoxy) is 3. The third-order valence-corrected chi connectivity index (χ3v) is 6.52. The van der Waals surface area contributed by atoms with Crippen LogP contribution in [0.15, 0.2) is 0 Å². The molecule has 0 aromatic carbocycles. The standard InChI is InChI=1S/3C8H14O4.Al/c3*1-4-8(5-2,6(9)10)7(11)12-3;/h3*4-5H2,1-3H3,(H,9,10);/q;;;+3/p-3. The summed E-state index contributed by atoms with van der Waals surface area (Å²) in [5, 5.41) is 32.0. The number of methoxy groups -OCH3 is 3. The first-order chi connectivity index (χ1) is 16.6. The molecule has 0 saturated carbocycles. The second kappa shape index (κ2) is 19.5. The molecule has 0 aromatic heterocycles. The van der Waals surface area contributed by atoms with Gasteiger partial charge in [0.15, 0.2) is 0 Å².